The first-order valence-electron chi connectivity index (χ1n) is 6.94. The van der Waals surface area contributed by atoms with E-state index in [4.69, 9.17) is 10.5 Å². The molecular weight excluding hydrogens is 284 g/mol. The topological polar surface area (TPSA) is 55.6 Å². The zero-order valence-corrected chi connectivity index (χ0v) is 12.7. The molecule has 5 heteroatoms. The van der Waals surface area contributed by atoms with Gasteiger partial charge in [0.1, 0.15) is 0 Å². The predicted octanol–water partition coefficient (Wildman–Crippen LogP) is 3.29. The van der Waals surface area contributed by atoms with Gasteiger partial charge in [-0.25, -0.2) is 4.79 Å². The molecule has 0 amide bonds. The SMILES string of the molecule is COC(=O)c1cc(N)ccc1N(Cc1ccsc1)C1CC1. The van der Waals surface area contributed by atoms with Gasteiger partial charge in [0.2, 0.25) is 0 Å². The molecule has 1 heterocycles. The number of methoxy groups -OCH3 is 1. The molecule has 0 unspecified atom stereocenters. The molecule has 0 radical (unpaired) electrons. The smallest absolute Gasteiger partial charge is 0.340 e. The zero-order valence-electron chi connectivity index (χ0n) is 11.9. The second-order valence-electron chi connectivity index (χ2n) is 5.26. The summed E-state index contributed by atoms with van der Waals surface area (Å²) in [5, 5.41) is 4.22. The largest absolute Gasteiger partial charge is 0.465 e. The summed E-state index contributed by atoms with van der Waals surface area (Å²) in [6.07, 6.45) is 2.32. The third kappa shape index (κ3) is 3.03. The molecule has 4 nitrogen and oxygen atoms in total. The van der Waals surface area contributed by atoms with Crippen LogP contribution in [0.15, 0.2) is 35.0 Å². The van der Waals surface area contributed by atoms with E-state index in [9.17, 15) is 4.79 Å². The molecule has 3 rings (SSSR count). The highest BCUT2D eigenvalue weighted by Gasteiger charge is 2.31. The second-order valence-corrected chi connectivity index (χ2v) is 6.04. The number of hydrogen-bond acceptors (Lipinski definition) is 5. The van der Waals surface area contributed by atoms with E-state index in [0.29, 0.717) is 17.3 Å². The molecule has 0 spiro atoms. The number of esters is 1. The van der Waals surface area contributed by atoms with Crippen molar-refractivity contribution < 1.29 is 9.53 Å². The summed E-state index contributed by atoms with van der Waals surface area (Å²) in [6, 6.07) is 8.08. The fraction of sp³-hybridized carbons (Fsp3) is 0.312. The van der Waals surface area contributed by atoms with Crippen molar-refractivity contribution in [2.45, 2.75) is 25.4 Å². The van der Waals surface area contributed by atoms with Gasteiger partial charge in [0.05, 0.1) is 18.4 Å². The third-order valence-corrected chi connectivity index (χ3v) is 4.39. The number of rotatable bonds is 5. The quantitative estimate of drug-likeness (QED) is 0.680. The Kier molecular flexibility index (Phi) is 3.84. The standard InChI is InChI=1S/C16H18N2O2S/c1-20-16(19)14-8-12(17)2-5-15(14)18(13-3-4-13)9-11-6-7-21-10-11/h2,5-8,10,13H,3-4,9,17H2,1H3. The molecular formula is C16H18N2O2S. The van der Waals surface area contributed by atoms with Gasteiger partial charge in [0, 0.05) is 18.3 Å². The molecule has 0 atom stereocenters. The van der Waals surface area contributed by atoms with Gasteiger partial charge in [0.25, 0.3) is 0 Å². The predicted molar refractivity (Wildman–Crippen MR) is 85.7 cm³/mol. The molecule has 0 bridgehead atoms. The Morgan fingerprint density at radius 1 is 1.43 bits per heavy atom. The third-order valence-electron chi connectivity index (χ3n) is 3.66. The van der Waals surface area contributed by atoms with Gasteiger partial charge in [-0.3, -0.25) is 0 Å². The average molecular weight is 302 g/mol. The zero-order chi connectivity index (χ0) is 14.8. The minimum Gasteiger partial charge on any atom is -0.465 e. The Bertz CT molecular complexity index is 636. The van der Waals surface area contributed by atoms with Crippen LogP contribution in [0.5, 0.6) is 0 Å². The number of ether oxygens (including phenoxy) is 1. The number of nitrogens with two attached hydrogens (primary N) is 1. The molecule has 2 N–H and O–H groups in total. The monoisotopic (exact) mass is 302 g/mol. The number of anilines is 2. The Labute approximate surface area is 128 Å². The van der Waals surface area contributed by atoms with Crippen molar-refractivity contribution in [3.05, 3.63) is 46.2 Å². The highest BCUT2D eigenvalue weighted by atomic mass is 32.1. The van der Waals surface area contributed by atoms with Crippen molar-refractivity contribution in [3.8, 4) is 0 Å². The van der Waals surface area contributed by atoms with Crippen molar-refractivity contribution in [2.75, 3.05) is 17.7 Å². The van der Waals surface area contributed by atoms with Crippen LogP contribution in [0.2, 0.25) is 0 Å². The van der Waals surface area contributed by atoms with E-state index in [1.807, 2.05) is 12.1 Å². The summed E-state index contributed by atoms with van der Waals surface area (Å²) in [5.41, 5.74) is 9.11. The van der Waals surface area contributed by atoms with E-state index in [1.54, 1.807) is 17.4 Å². The van der Waals surface area contributed by atoms with E-state index < -0.39 is 0 Å². The molecule has 1 fully saturated rings. The van der Waals surface area contributed by atoms with Crippen LogP contribution in [0, 0.1) is 0 Å². The average Bonchev–Trinajstić information content (AvgIpc) is 3.21. The van der Waals surface area contributed by atoms with Gasteiger partial charge < -0.3 is 15.4 Å². The Morgan fingerprint density at radius 3 is 2.86 bits per heavy atom. The summed E-state index contributed by atoms with van der Waals surface area (Å²) in [6.45, 7) is 0.808. The van der Waals surface area contributed by atoms with Gasteiger partial charge >= 0.3 is 5.97 Å². The van der Waals surface area contributed by atoms with Crippen molar-refractivity contribution >= 4 is 28.7 Å². The van der Waals surface area contributed by atoms with Crippen LogP contribution >= 0.6 is 11.3 Å². The van der Waals surface area contributed by atoms with Crippen LogP contribution in [0.4, 0.5) is 11.4 Å². The minimum atomic E-state index is -0.340. The van der Waals surface area contributed by atoms with Gasteiger partial charge in [0.15, 0.2) is 0 Å². The molecule has 21 heavy (non-hydrogen) atoms. The first kappa shape index (κ1) is 13.9. The van der Waals surface area contributed by atoms with E-state index in [0.717, 1.165) is 25.1 Å². The number of nitrogen functional groups attached to an aromatic ring is 1. The van der Waals surface area contributed by atoms with E-state index >= 15 is 0 Å². The normalized spacial score (nSPS) is 14.0. The van der Waals surface area contributed by atoms with Crippen molar-refractivity contribution in [3.63, 3.8) is 0 Å². The van der Waals surface area contributed by atoms with Crippen LogP contribution in [0.3, 0.4) is 0 Å². The molecule has 1 aliphatic rings. The number of hydrogen-bond donors (Lipinski definition) is 1. The Morgan fingerprint density at radius 2 is 2.24 bits per heavy atom. The van der Waals surface area contributed by atoms with Crippen LogP contribution in [-0.2, 0) is 11.3 Å². The van der Waals surface area contributed by atoms with Gasteiger partial charge in [-0.05, 0) is 53.4 Å². The van der Waals surface area contributed by atoms with Crippen LogP contribution in [0.25, 0.3) is 0 Å². The molecule has 1 aromatic heterocycles. The minimum absolute atomic E-state index is 0.340. The van der Waals surface area contributed by atoms with Crippen LogP contribution in [-0.4, -0.2) is 19.1 Å². The first-order valence-corrected chi connectivity index (χ1v) is 7.89. The number of benzene rings is 1. The number of carbonyl (C=O) groups excluding carboxylic acids is 1. The summed E-state index contributed by atoms with van der Waals surface area (Å²) in [7, 11) is 1.40. The lowest BCUT2D eigenvalue weighted by atomic mass is 10.1. The molecule has 1 aromatic carbocycles. The Balaban J connectivity index is 1.97. The summed E-state index contributed by atoms with van der Waals surface area (Å²) in [5.74, 6) is -0.340. The number of thiophene rings is 1. The lowest BCUT2D eigenvalue weighted by molar-refractivity contribution is 0.0601. The maximum absolute atomic E-state index is 12.0. The maximum atomic E-state index is 12.0. The summed E-state index contributed by atoms with van der Waals surface area (Å²) < 4.78 is 4.90. The van der Waals surface area contributed by atoms with Crippen molar-refractivity contribution in [1.29, 1.82) is 0 Å². The summed E-state index contributed by atoms with van der Waals surface area (Å²) >= 11 is 1.69. The fourth-order valence-corrected chi connectivity index (χ4v) is 3.11. The summed E-state index contributed by atoms with van der Waals surface area (Å²) in [4.78, 5) is 14.3. The van der Waals surface area contributed by atoms with E-state index in [-0.39, 0.29) is 5.97 Å². The molecule has 0 aliphatic heterocycles. The number of carbonyl (C=O) groups is 1. The van der Waals surface area contributed by atoms with Crippen LogP contribution < -0.4 is 10.6 Å². The Hall–Kier alpha value is -2.01. The highest BCUT2D eigenvalue weighted by Crippen LogP contribution is 2.36. The maximum Gasteiger partial charge on any atom is 0.340 e. The lowest BCUT2D eigenvalue weighted by Gasteiger charge is -2.26. The fourth-order valence-electron chi connectivity index (χ4n) is 2.45. The van der Waals surface area contributed by atoms with Crippen LogP contribution in [0.1, 0.15) is 28.8 Å². The molecule has 1 aliphatic carbocycles. The number of nitrogens with zero attached hydrogens (tertiary/aromatic N) is 1. The molecule has 2 aromatic rings. The highest BCUT2D eigenvalue weighted by molar-refractivity contribution is 7.07. The van der Waals surface area contributed by atoms with Gasteiger partial charge in [-0.2, -0.15) is 11.3 Å². The van der Waals surface area contributed by atoms with E-state index in [1.165, 1.54) is 12.7 Å². The van der Waals surface area contributed by atoms with Crippen molar-refractivity contribution in [2.24, 2.45) is 0 Å². The van der Waals surface area contributed by atoms with Gasteiger partial charge in [-0.15, -0.1) is 0 Å². The molecule has 1 saturated carbocycles. The second kappa shape index (κ2) is 5.77. The first-order chi connectivity index (χ1) is 10.2. The lowest BCUT2D eigenvalue weighted by Crippen LogP contribution is -2.27. The molecule has 0 saturated heterocycles. The molecule has 110 valence electrons. The van der Waals surface area contributed by atoms with Crippen molar-refractivity contribution in [1.82, 2.24) is 0 Å². The van der Waals surface area contributed by atoms with E-state index in [2.05, 4.69) is 21.7 Å². The van der Waals surface area contributed by atoms with Gasteiger partial charge in [-0.1, -0.05) is 0 Å².